The summed E-state index contributed by atoms with van der Waals surface area (Å²) in [5.74, 6) is -0.731. The van der Waals surface area contributed by atoms with E-state index in [2.05, 4.69) is 12.1 Å². The molecule has 1 aliphatic heterocycles. The minimum absolute atomic E-state index is 0.0950. The van der Waals surface area contributed by atoms with Crippen molar-refractivity contribution in [3.05, 3.63) is 35.4 Å². The standard InChI is InChI=1S/C14H19N3O2/c15-12(9-13(16)18)14(19)17-7-5-10-3-1-2-4-11(10)6-8-17/h1-4,12H,5-9,15H2,(H2,16,18). The van der Waals surface area contributed by atoms with Crippen molar-refractivity contribution in [2.24, 2.45) is 11.5 Å². The van der Waals surface area contributed by atoms with Gasteiger partial charge in [-0.3, -0.25) is 9.59 Å². The zero-order valence-corrected chi connectivity index (χ0v) is 10.8. The van der Waals surface area contributed by atoms with Crippen LogP contribution in [0.25, 0.3) is 0 Å². The quantitative estimate of drug-likeness (QED) is 0.790. The van der Waals surface area contributed by atoms with Gasteiger partial charge in [-0.1, -0.05) is 24.3 Å². The second kappa shape index (κ2) is 5.84. The van der Waals surface area contributed by atoms with Gasteiger partial charge < -0.3 is 16.4 Å². The highest BCUT2D eigenvalue weighted by atomic mass is 16.2. The van der Waals surface area contributed by atoms with Gasteiger partial charge in [-0.15, -0.1) is 0 Å². The van der Waals surface area contributed by atoms with Gasteiger partial charge in [-0.05, 0) is 24.0 Å². The number of amides is 2. The Bertz CT molecular complexity index is 460. The molecule has 102 valence electrons. The summed E-state index contributed by atoms with van der Waals surface area (Å²) in [6.07, 6.45) is 1.55. The van der Waals surface area contributed by atoms with Crippen LogP contribution in [0.3, 0.4) is 0 Å². The average molecular weight is 261 g/mol. The maximum Gasteiger partial charge on any atom is 0.240 e. The molecular weight excluding hydrogens is 242 g/mol. The number of hydrogen-bond donors (Lipinski definition) is 2. The third-order valence-electron chi connectivity index (χ3n) is 3.47. The van der Waals surface area contributed by atoms with Crippen molar-refractivity contribution in [2.45, 2.75) is 25.3 Å². The molecule has 0 spiro atoms. The fraction of sp³-hybridized carbons (Fsp3) is 0.429. The summed E-state index contributed by atoms with van der Waals surface area (Å²) in [5.41, 5.74) is 13.3. The van der Waals surface area contributed by atoms with Gasteiger partial charge in [0.1, 0.15) is 0 Å². The summed E-state index contributed by atoms with van der Waals surface area (Å²) in [5, 5.41) is 0. The first-order valence-electron chi connectivity index (χ1n) is 6.47. The topological polar surface area (TPSA) is 89.4 Å². The fourth-order valence-electron chi connectivity index (χ4n) is 2.43. The van der Waals surface area contributed by atoms with Crippen LogP contribution >= 0.6 is 0 Å². The molecule has 2 rings (SSSR count). The van der Waals surface area contributed by atoms with Gasteiger partial charge in [-0.2, -0.15) is 0 Å². The summed E-state index contributed by atoms with van der Waals surface area (Å²) in [4.78, 5) is 24.7. The molecule has 0 radical (unpaired) electrons. The molecule has 19 heavy (non-hydrogen) atoms. The number of hydrogen-bond acceptors (Lipinski definition) is 3. The van der Waals surface area contributed by atoms with Gasteiger partial charge >= 0.3 is 0 Å². The average Bonchev–Trinajstić information content (AvgIpc) is 2.59. The lowest BCUT2D eigenvalue weighted by atomic mass is 10.0. The van der Waals surface area contributed by atoms with Crippen molar-refractivity contribution in [1.82, 2.24) is 4.90 Å². The first kappa shape index (κ1) is 13.5. The van der Waals surface area contributed by atoms with Crippen molar-refractivity contribution >= 4 is 11.8 Å². The molecule has 0 aliphatic carbocycles. The maximum absolute atomic E-state index is 12.1. The van der Waals surface area contributed by atoms with Crippen molar-refractivity contribution in [3.8, 4) is 0 Å². The van der Waals surface area contributed by atoms with E-state index in [4.69, 9.17) is 11.5 Å². The zero-order valence-electron chi connectivity index (χ0n) is 10.8. The molecular formula is C14H19N3O2. The lowest BCUT2D eigenvalue weighted by molar-refractivity contribution is -0.134. The molecule has 1 heterocycles. The number of primary amides is 1. The van der Waals surface area contributed by atoms with E-state index in [0.717, 1.165) is 12.8 Å². The van der Waals surface area contributed by atoms with Crippen LogP contribution in [0.4, 0.5) is 0 Å². The van der Waals surface area contributed by atoms with Crippen LogP contribution in [0.2, 0.25) is 0 Å². The summed E-state index contributed by atoms with van der Waals surface area (Å²) < 4.78 is 0. The Balaban J connectivity index is 2.01. The highest BCUT2D eigenvalue weighted by Gasteiger charge is 2.24. The fourth-order valence-corrected chi connectivity index (χ4v) is 2.43. The number of rotatable bonds is 3. The molecule has 0 saturated carbocycles. The third-order valence-corrected chi connectivity index (χ3v) is 3.47. The van der Waals surface area contributed by atoms with Crippen LogP contribution in [-0.4, -0.2) is 35.8 Å². The number of benzene rings is 1. The molecule has 5 nitrogen and oxygen atoms in total. The van der Waals surface area contributed by atoms with Crippen molar-refractivity contribution < 1.29 is 9.59 Å². The third kappa shape index (κ3) is 3.32. The molecule has 0 fully saturated rings. The molecule has 4 N–H and O–H groups in total. The van der Waals surface area contributed by atoms with Gasteiger partial charge in [0.15, 0.2) is 0 Å². The van der Waals surface area contributed by atoms with Gasteiger partial charge in [0.25, 0.3) is 0 Å². The largest absolute Gasteiger partial charge is 0.370 e. The Morgan fingerprint density at radius 1 is 1.16 bits per heavy atom. The minimum atomic E-state index is -0.821. The number of nitrogens with two attached hydrogens (primary N) is 2. The molecule has 1 aromatic rings. The Kier molecular flexibility index (Phi) is 4.16. The molecule has 1 atom stereocenters. The van der Waals surface area contributed by atoms with Gasteiger partial charge in [0, 0.05) is 13.1 Å². The highest BCUT2D eigenvalue weighted by Crippen LogP contribution is 2.16. The van der Waals surface area contributed by atoms with E-state index in [0.29, 0.717) is 13.1 Å². The van der Waals surface area contributed by atoms with Crippen LogP contribution in [0.15, 0.2) is 24.3 Å². The second-order valence-corrected chi connectivity index (χ2v) is 4.87. The summed E-state index contributed by atoms with van der Waals surface area (Å²) >= 11 is 0. The van der Waals surface area contributed by atoms with Gasteiger partial charge in [-0.25, -0.2) is 0 Å². The van der Waals surface area contributed by atoms with E-state index in [-0.39, 0.29) is 12.3 Å². The molecule has 1 aromatic carbocycles. The van der Waals surface area contributed by atoms with Crippen LogP contribution in [0, 0.1) is 0 Å². The molecule has 0 aromatic heterocycles. The Hall–Kier alpha value is -1.88. The van der Waals surface area contributed by atoms with E-state index in [1.807, 2.05) is 12.1 Å². The summed E-state index contributed by atoms with van der Waals surface area (Å²) in [7, 11) is 0. The van der Waals surface area contributed by atoms with Crippen LogP contribution in [0.5, 0.6) is 0 Å². The van der Waals surface area contributed by atoms with Gasteiger partial charge in [0.2, 0.25) is 11.8 Å². The number of fused-ring (bicyclic) bond motifs is 1. The number of carbonyl (C=O) groups is 2. The van der Waals surface area contributed by atoms with Crippen LogP contribution in [-0.2, 0) is 22.4 Å². The van der Waals surface area contributed by atoms with Crippen LogP contribution in [0.1, 0.15) is 17.5 Å². The lowest BCUT2D eigenvalue weighted by Gasteiger charge is -2.23. The highest BCUT2D eigenvalue weighted by molar-refractivity contribution is 5.87. The molecule has 0 bridgehead atoms. The first-order chi connectivity index (χ1) is 9.08. The predicted octanol–water partition coefficient (Wildman–Crippen LogP) is -0.183. The first-order valence-corrected chi connectivity index (χ1v) is 6.47. The molecule has 2 amide bonds. The number of carbonyl (C=O) groups excluding carboxylic acids is 2. The smallest absolute Gasteiger partial charge is 0.240 e. The van der Waals surface area contributed by atoms with Gasteiger partial charge in [0.05, 0.1) is 12.5 Å². The van der Waals surface area contributed by atoms with E-state index >= 15 is 0 Å². The summed E-state index contributed by atoms with van der Waals surface area (Å²) in [6, 6.07) is 7.38. The van der Waals surface area contributed by atoms with Crippen molar-refractivity contribution in [2.75, 3.05) is 13.1 Å². The normalized spacial score (nSPS) is 16.4. The van der Waals surface area contributed by atoms with E-state index in [1.165, 1.54) is 11.1 Å². The Morgan fingerprint density at radius 3 is 2.16 bits per heavy atom. The minimum Gasteiger partial charge on any atom is -0.370 e. The van der Waals surface area contributed by atoms with E-state index in [9.17, 15) is 9.59 Å². The van der Waals surface area contributed by atoms with Crippen molar-refractivity contribution in [3.63, 3.8) is 0 Å². The van der Waals surface area contributed by atoms with E-state index in [1.54, 1.807) is 4.90 Å². The second-order valence-electron chi connectivity index (χ2n) is 4.87. The Morgan fingerprint density at radius 2 is 1.68 bits per heavy atom. The van der Waals surface area contributed by atoms with Crippen LogP contribution < -0.4 is 11.5 Å². The monoisotopic (exact) mass is 261 g/mol. The van der Waals surface area contributed by atoms with Crippen molar-refractivity contribution in [1.29, 1.82) is 0 Å². The van der Waals surface area contributed by atoms with E-state index < -0.39 is 11.9 Å². The summed E-state index contributed by atoms with van der Waals surface area (Å²) in [6.45, 7) is 1.28. The SMILES string of the molecule is NC(=O)CC(N)C(=O)N1CCc2ccccc2CC1. The zero-order chi connectivity index (χ0) is 13.8. The molecule has 5 heteroatoms. The Labute approximate surface area is 112 Å². The molecule has 1 aliphatic rings. The lowest BCUT2D eigenvalue weighted by Crippen LogP contribution is -2.46. The molecule has 1 unspecified atom stereocenters. The predicted molar refractivity (Wildman–Crippen MR) is 72.2 cm³/mol. The maximum atomic E-state index is 12.1. The molecule has 0 saturated heterocycles. The number of nitrogens with zero attached hydrogens (tertiary/aromatic N) is 1.